The van der Waals surface area contributed by atoms with Crippen molar-refractivity contribution >= 4 is 17.0 Å². The number of H-pyrrole nitrogens is 1. The van der Waals surface area contributed by atoms with E-state index in [4.69, 9.17) is 4.74 Å². The Labute approximate surface area is 124 Å². The van der Waals surface area contributed by atoms with Gasteiger partial charge in [-0.25, -0.2) is 9.78 Å². The van der Waals surface area contributed by atoms with E-state index in [1.165, 1.54) is 18.4 Å². The minimum Gasteiger partial charge on any atom is -0.462 e. The number of nitrogens with one attached hydrogen (secondary N) is 2. The van der Waals surface area contributed by atoms with Gasteiger partial charge in [0.25, 0.3) is 0 Å². The monoisotopic (exact) mass is 287 g/mol. The molecule has 1 fully saturated rings. The minimum atomic E-state index is -0.287. The van der Waals surface area contributed by atoms with Gasteiger partial charge in [-0.05, 0) is 56.8 Å². The average Bonchev–Trinajstić information content (AvgIpc) is 2.92. The number of pyridine rings is 1. The molecule has 0 atom stereocenters. The summed E-state index contributed by atoms with van der Waals surface area (Å²) in [6.07, 6.45) is 7.03. The van der Waals surface area contributed by atoms with Crippen LogP contribution in [0.25, 0.3) is 11.0 Å². The lowest BCUT2D eigenvalue weighted by molar-refractivity contribution is 0.0529. The molecule has 0 aliphatic carbocycles. The van der Waals surface area contributed by atoms with Gasteiger partial charge in [0, 0.05) is 17.8 Å². The van der Waals surface area contributed by atoms with Crippen LogP contribution in [0, 0.1) is 5.92 Å². The van der Waals surface area contributed by atoms with Crippen molar-refractivity contribution in [2.24, 2.45) is 5.92 Å². The first-order valence-electron chi connectivity index (χ1n) is 7.61. The minimum absolute atomic E-state index is 0.287. The molecule has 1 aliphatic rings. The quantitative estimate of drug-likeness (QED) is 0.847. The lowest BCUT2D eigenvalue weighted by Gasteiger charge is -2.22. The van der Waals surface area contributed by atoms with E-state index in [-0.39, 0.29) is 5.97 Å². The Morgan fingerprint density at radius 2 is 2.24 bits per heavy atom. The van der Waals surface area contributed by atoms with E-state index >= 15 is 0 Å². The molecule has 3 heterocycles. The summed E-state index contributed by atoms with van der Waals surface area (Å²) in [6.45, 7) is 4.39. The highest BCUT2D eigenvalue weighted by atomic mass is 16.5. The second-order valence-electron chi connectivity index (χ2n) is 5.56. The van der Waals surface area contributed by atoms with E-state index in [1.54, 1.807) is 6.20 Å². The summed E-state index contributed by atoms with van der Waals surface area (Å²) in [5, 5.41) is 4.24. The molecular weight excluding hydrogens is 266 g/mol. The van der Waals surface area contributed by atoms with E-state index in [1.807, 2.05) is 13.1 Å². The summed E-state index contributed by atoms with van der Waals surface area (Å²) in [7, 11) is 0. The number of fused-ring (bicyclic) bond motifs is 1. The van der Waals surface area contributed by atoms with Gasteiger partial charge in [0.1, 0.15) is 5.65 Å². The maximum absolute atomic E-state index is 11.9. The molecule has 0 saturated carbocycles. The topological polar surface area (TPSA) is 67.0 Å². The number of aromatic nitrogens is 2. The number of carbonyl (C=O) groups excluding carboxylic acids is 1. The molecule has 0 unspecified atom stereocenters. The molecule has 1 aliphatic heterocycles. The molecule has 5 nitrogen and oxygen atoms in total. The summed E-state index contributed by atoms with van der Waals surface area (Å²) in [5.74, 6) is 0.417. The van der Waals surface area contributed by atoms with Crippen molar-refractivity contribution in [1.82, 2.24) is 15.3 Å². The zero-order valence-electron chi connectivity index (χ0n) is 12.3. The number of nitrogens with zero attached hydrogens (tertiary/aromatic N) is 1. The van der Waals surface area contributed by atoms with Crippen LogP contribution in [0.15, 0.2) is 18.5 Å². The van der Waals surface area contributed by atoms with Crippen molar-refractivity contribution in [3.05, 3.63) is 29.6 Å². The molecule has 0 aromatic carbocycles. The molecule has 21 heavy (non-hydrogen) atoms. The molecule has 0 amide bonds. The first-order chi connectivity index (χ1) is 10.3. The fourth-order valence-electron chi connectivity index (χ4n) is 2.96. The highest BCUT2D eigenvalue weighted by Crippen LogP contribution is 2.22. The van der Waals surface area contributed by atoms with Crippen molar-refractivity contribution in [3.63, 3.8) is 0 Å². The number of aromatic amines is 1. The number of piperidine rings is 1. The second-order valence-corrected chi connectivity index (χ2v) is 5.56. The summed E-state index contributed by atoms with van der Waals surface area (Å²) in [4.78, 5) is 19.4. The van der Waals surface area contributed by atoms with Gasteiger partial charge >= 0.3 is 5.97 Å². The molecule has 2 aromatic rings. The molecule has 0 radical (unpaired) electrons. The highest BCUT2D eigenvalue weighted by Gasteiger charge is 2.17. The van der Waals surface area contributed by atoms with Crippen LogP contribution in [0.5, 0.6) is 0 Å². The van der Waals surface area contributed by atoms with Gasteiger partial charge in [-0.3, -0.25) is 0 Å². The molecule has 3 rings (SSSR count). The fraction of sp³-hybridized carbons (Fsp3) is 0.500. The van der Waals surface area contributed by atoms with Gasteiger partial charge in [-0.1, -0.05) is 0 Å². The van der Waals surface area contributed by atoms with Gasteiger partial charge in [-0.2, -0.15) is 0 Å². The molecule has 112 valence electrons. The Morgan fingerprint density at radius 3 is 3.00 bits per heavy atom. The maximum atomic E-state index is 11.9. The summed E-state index contributed by atoms with van der Waals surface area (Å²) >= 11 is 0. The van der Waals surface area contributed by atoms with E-state index in [0.717, 1.165) is 30.5 Å². The van der Waals surface area contributed by atoms with Crippen LogP contribution in [0.3, 0.4) is 0 Å². The number of rotatable bonds is 4. The third kappa shape index (κ3) is 3.08. The lowest BCUT2D eigenvalue weighted by atomic mass is 9.91. The molecule has 2 N–H and O–H groups in total. The van der Waals surface area contributed by atoms with Crippen molar-refractivity contribution in [1.29, 1.82) is 0 Å². The Balaban J connectivity index is 1.83. The number of hydrogen-bond acceptors (Lipinski definition) is 4. The van der Waals surface area contributed by atoms with Crippen molar-refractivity contribution in [2.75, 3.05) is 19.7 Å². The highest BCUT2D eigenvalue weighted by molar-refractivity contribution is 6.03. The Bertz CT molecular complexity index is 629. The van der Waals surface area contributed by atoms with Crippen molar-refractivity contribution in [3.8, 4) is 0 Å². The molecular formula is C16H21N3O2. The summed E-state index contributed by atoms with van der Waals surface area (Å²) in [6, 6.07) is 2.08. The number of carbonyl (C=O) groups is 1. The predicted molar refractivity (Wildman–Crippen MR) is 81.3 cm³/mol. The van der Waals surface area contributed by atoms with Crippen LogP contribution < -0.4 is 5.32 Å². The third-order valence-corrected chi connectivity index (χ3v) is 4.07. The molecule has 0 spiro atoms. The van der Waals surface area contributed by atoms with Crippen LogP contribution in [-0.2, 0) is 11.2 Å². The van der Waals surface area contributed by atoms with E-state index in [9.17, 15) is 4.79 Å². The largest absolute Gasteiger partial charge is 0.462 e. The Morgan fingerprint density at radius 1 is 1.43 bits per heavy atom. The van der Waals surface area contributed by atoms with Gasteiger partial charge < -0.3 is 15.0 Å². The van der Waals surface area contributed by atoms with Crippen molar-refractivity contribution in [2.45, 2.75) is 26.2 Å². The molecule has 2 aromatic heterocycles. The van der Waals surface area contributed by atoms with Crippen LogP contribution >= 0.6 is 0 Å². The van der Waals surface area contributed by atoms with Crippen molar-refractivity contribution < 1.29 is 9.53 Å². The Hall–Kier alpha value is -1.88. The standard InChI is InChI=1S/C16H21N3O2/c1-2-21-16(20)14-10-19-15-13(14)8-12(9-18-15)7-11-3-5-17-6-4-11/h8-11,17H,2-7H2,1H3,(H,18,19). The summed E-state index contributed by atoms with van der Waals surface area (Å²) < 4.78 is 5.09. The fourth-order valence-corrected chi connectivity index (χ4v) is 2.96. The molecule has 5 heteroatoms. The first-order valence-corrected chi connectivity index (χ1v) is 7.61. The van der Waals surface area contributed by atoms with E-state index in [2.05, 4.69) is 21.4 Å². The van der Waals surface area contributed by atoms with E-state index < -0.39 is 0 Å². The van der Waals surface area contributed by atoms with E-state index in [0.29, 0.717) is 18.1 Å². The second kappa shape index (κ2) is 6.26. The third-order valence-electron chi connectivity index (χ3n) is 4.07. The van der Waals surface area contributed by atoms with Crippen LogP contribution in [-0.4, -0.2) is 35.6 Å². The van der Waals surface area contributed by atoms with Gasteiger partial charge in [0.2, 0.25) is 0 Å². The van der Waals surface area contributed by atoms with Crippen LogP contribution in [0.2, 0.25) is 0 Å². The predicted octanol–water partition coefficient (Wildman–Crippen LogP) is 2.28. The van der Waals surface area contributed by atoms with Crippen LogP contribution in [0.4, 0.5) is 0 Å². The molecule has 0 bridgehead atoms. The molecule has 1 saturated heterocycles. The number of esters is 1. The summed E-state index contributed by atoms with van der Waals surface area (Å²) in [5.41, 5.74) is 2.51. The normalized spacial score (nSPS) is 16.2. The zero-order valence-corrected chi connectivity index (χ0v) is 12.3. The maximum Gasteiger partial charge on any atom is 0.340 e. The Kier molecular flexibility index (Phi) is 4.20. The number of ether oxygens (including phenoxy) is 1. The zero-order chi connectivity index (χ0) is 14.7. The lowest BCUT2D eigenvalue weighted by Crippen LogP contribution is -2.28. The SMILES string of the molecule is CCOC(=O)c1c[nH]c2ncc(CC3CCNCC3)cc12. The van der Waals surface area contributed by atoms with Gasteiger partial charge in [0.05, 0.1) is 12.2 Å². The first kappa shape index (κ1) is 14.1. The number of hydrogen-bond donors (Lipinski definition) is 2. The smallest absolute Gasteiger partial charge is 0.340 e. The average molecular weight is 287 g/mol. The van der Waals surface area contributed by atoms with Crippen LogP contribution in [0.1, 0.15) is 35.7 Å². The van der Waals surface area contributed by atoms with Gasteiger partial charge in [-0.15, -0.1) is 0 Å². The van der Waals surface area contributed by atoms with Gasteiger partial charge in [0.15, 0.2) is 0 Å².